The number of nitrogens with one attached hydrogen (secondary N) is 1. The van der Waals surface area contributed by atoms with Crippen LogP contribution in [0.25, 0.3) is 10.8 Å². The second kappa shape index (κ2) is 6.56. The summed E-state index contributed by atoms with van der Waals surface area (Å²) in [5.41, 5.74) is 5.45. The van der Waals surface area contributed by atoms with Gasteiger partial charge in [0.2, 0.25) is 0 Å². The Hall–Kier alpha value is -2.76. The molecule has 0 aromatic heterocycles. The maximum Gasteiger partial charge on any atom is 0.260 e. The van der Waals surface area contributed by atoms with E-state index in [1.54, 1.807) is 9.80 Å². The van der Waals surface area contributed by atoms with Gasteiger partial charge in [0.15, 0.2) is 12.6 Å². The van der Waals surface area contributed by atoms with E-state index in [-0.39, 0.29) is 18.5 Å². The molecule has 0 spiro atoms. The molecule has 0 atom stereocenters. The Morgan fingerprint density at radius 2 is 1.70 bits per heavy atom. The Morgan fingerprint density at radius 3 is 2.39 bits per heavy atom. The number of ether oxygens (including phenoxy) is 1. The third kappa shape index (κ3) is 3.53. The molecule has 1 aliphatic rings. The number of carbonyl (C=O) groups excluding carboxylic acids is 1. The molecule has 1 heterocycles. The monoisotopic (exact) mass is 312 g/mol. The number of guanidine groups is 1. The van der Waals surface area contributed by atoms with Gasteiger partial charge in [-0.05, 0) is 22.9 Å². The van der Waals surface area contributed by atoms with Gasteiger partial charge in [0.25, 0.3) is 5.91 Å². The second-order valence-electron chi connectivity index (χ2n) is 5.55. The zero-order valence-corrected chi connectivity index (χ0v) is 12.9. The van der Waals surface area contributed by atoms with Crippen molar-refractivity contribution in [1.82, 2.24) is 9.80 Å². The fourth-order valence-electron chi connectivity index (χ4n) is 2.69. The highest BCUT2D eigenvalue weighted by atomic mass is 16.5. The van der Waals surface area contributed by atoms with Crippen molar-refractivity contribution in [3.05, 3.63) is 42.5 Å². The molecule has 0 radical (unpaired) electrons. The minimum absolute atomic E-state index is 0.0262. The highest BCUT2D eigenvalue weighted by molar-refractivity contribution is 5.84. The van der Waals surface area contributed by atoms with Gasteiger partial charge in [0.05, 0.1) is 0 Å². The third-order valence-electron chi connectivity index (χ3n) is 4.06. The SMILES string of the molecule is N=C(N)N1CCN(C(=O)COc2ccc3ccccc3c2)CC1. The topological polar surface area (TPSA) is 82.7 Å². The van der Waals surface area contributed by atoms with Gasteiger partial charge in [-0.25, -0.2) is 0 Å². The first-order chi connectivity index (χ1) is 11.1. The minimum atomic E-state index is -0.0404. The van der Waals surface area contributed by atoms with E-state index < -0.39 is 0 Å². The van der Waals surface area contributed by atoms with Gasteiger partial charge in [-0.15, -0.1) is 0 Å². The lowest BCUT2D eigenvalue weighted by Crippen LogP contribution is -2.53. The van der Waals surface area contributed by atoms with Gasteiger partial charge in [-0.1, -0.05) is 30.3 Å². The molecule has 0 aliphatic carbocycles. The average molecular weight is 312 g/mol. The molecule has 0 unspecified atom stereocenters. The minimum Gasteiger partial charge on any atom is -0.484 e. The summed E-state index contributed by atoms with van der Waals surface area (Å²) in [5.74, 6) is 0.713. The van der Waals surface area contributed by atoms with Crippen molar-refractivity contribution >= 4 is 22.6 Å². The molecule has 1 saturated heterocycles. The summed E-state index contributed by atoms with van der Waals surface area (Å²) >= 11 is 0. The largest absolute Gasteiger partial charge is 0.484 e. The van der Waals surface area contributed by atoms with Crippen molar-refractivity contribution in [2.24, 2.45) is 5.73 Å². The van der Waals surface area contributed by atoms with Gasteiger partial charge >= 0.3 is 0 Å². The molecule has 1 fully saturated rings. The molecule has 1 aliphatic heterocycles. The van der Waals surface area contributed by atoms with Crippen LogP contribution in [0, 0.1) is 5.41 Å². The van der Waals surface area contributed by atoms with Crippen molar-refractivity contribution in [3.8, 4) is 5.75 Å². The summed E-state index contributed by atoms with van der Waals surface area (Å²) in [7, 11) is 0. The number of hydrogen-bond acceptors (Lipinski definition) is 3. The van der Waals surface area contributed by atoms with Gasteiger partial charge in [-0.3, -0.25) is 10.2 Å². The van der Waals surface area contributed by atoms with Crippen molar-refractivity contribution in [2.45, 2.75) is 0 Å². The normalized spacial score (nSPS) is 14.8. The van der Waals surface area contributed by atoms with Crippen molar-refractivity contribution < 1.29 is 9.53 Å². The van der Waals surface area contributed by atoms with Gasteiger partial charge < -0.3 is 20.3 Å². The van der Waals surface area contributed by atoms with Gasteiger partial charge in [0.1, 0.15) is 5.75 Å². The molecule has 120 valence electrons. The summed E-state index contributed by atoms with van der Waals surface area (Å²) in [5, 5.41) is 9.63. The van der Waals surface area contributed by atoms with E-state index >= 15 is 0 Å². The van der Waals surface area contributed by atoms with Crippen LogP contribution in [0.3, 0.4) is 0 Å². The van der Waals surface area contributed by atoms with Crippen LogP contribution < -0.4 is 10.5 Å². The molecule has 6 nitrogen and oxygen atoms in total. The second-order valence-corrected chi connectivity index (χ2v) is 5.55. The molecule has 0 saturated carbocycles. The molecule has 1 amide bonds. The quantitative estimate of drug-likeness (QED) is 0.660. The van der Waals surface area contributed by atoms with E-state index in [1.807, 2.05) is 42.5 Å². The van der Waals surface area contributed by atoms with Crippen molar-refractivity contribution in [3.63, 3.8) is 0 Å². The van der Waals surface area contributed by atoms with Crippen LogP contribution >= 0.6 is 0 Å². The Labute approximate surface area is 134 Å². The number of carbonyl (C=O) groups is 1. The van der Waals surface area contributed by atoms with Crippen LogP contribution in [0.4, 0.5) is 0 Å². The standard InChI is InChI=1S/C17H20N4O2/c18-17(19)21-9-7-20(8-10-21)16(22)12-23-15-6-5-13-3-1-2-4-14(13)11-15/h1-6,11H,7-10,12H2,(H3,18,19). The molecule has 6 heteroatoms. The van der Waals surface area contributed by atoms with Gasteiger partial charge in [0, 0.05) is 26.2 Å². The predicted molar refractivity (Wildman–Crippen MR) is 89.5 cm³/mol. The lowest BCUT2D eigenvalue weighted by atomic mass is 10.1. The van der Waals surface area contributed by atoms with Crippen LogP contribution in [0.2, 0.25) is 0 Å². The van der Waals surface area contributed by atoms with Crippen LogP contribution in [0.5, 0.6) is 5.75 Å². The Balaban J connectivity index is 1.55. The summed E-state index contributed by atoms with van der Waals surface area (Å²) < 4.78 is 5.63. The third-order valence-corrected chi connectivity index (χ3v) is 4.06. The number of piperazine rings is 1. The van der Waals surface area contributed by atoms with Crippen LogP contribution in [0.15, 0.2) is 42.5 Å². The molecule has 3 rings (SSSR count). The Morgan fingerprint density at radius 1 is 1.04 bits per heavy atom. The summed E-state index contributed by atoms with van der Waals surface area (Å²) in [6.07, 6.45) is 0. The zero-order chi connectivity index (χ0) is 16.2. The van der Waals surface area contributed by atoms with Crippen LogP contribution in [0.1, 0.15) is 0 Å². The lowest BCUT2D eigenvalue weighted by molar-refractivity contribution is -0.134. The number of fused-ring (bicyclic) bond motifs is 1. The predicted octanol–water partition coefficient (Wildman–Crippen LogP) is 1.26. The molecule has 23 heavy (non-hydrogen) atoms. The lowest BCUT2D eigenvalue weighted by Gasteiger charge is -2.34. The number of benzene rings is 2. The summed E-state index contributed by atoms with van der Waals surface area (Å²) in [6, 6.07) is 13.8. The van der Waals surface area contributed by atoms with E-state index in [0.717, 1.165) is 10.8 Å². The smallest absolute Gasteiger partial charge is 0.260 e. The molecule has 2 aromatic rings. The first kappa shape index (κ1) is 15.1. The number of amides is 1. The fourth-order valence-corrected chi connectivity index (χ4v) is 2.69. The first-order valence-electron chi connectivity index (χ1n) is 7.62. The zero-order valence-electron chi connectivity index (χ0n) is 12.9. The molecule has 0 bridgehead atoms. The van der Waals surface area contributed by atoms with Crippen molar-refractivity contribution in [2.75, 3.05) is 32.8 Å². The average Bonchev–Trinajstić information content (AvgIpc) is 2.59. The van der Waals surface area contributed by atoms with E-state index in [1.165, 1.54) is 0 Å². The fraction of sp³-hybridized carbons (Fsp3) is 0.294. The van der Waals surface area contributed by atoms with Crippen LogP contribution in [-0.4, -0.2) is 54.5 Å². The summed E-state index contributed by atoms with van der Waals surface area (Å²) in [4.78, 5) is 15.7. The van der Waals surface area contributed by atoms with E-state index in [9.17, 15) is 4.79 Å². The van der Waals surface area contributed by atoms with Gasteiger partial charge in [-0.2, -0.15) is 0 Å². The summed E-state index contributed by atoms with van der Waals surface area (Å²) in [6.45, 7) is 2.35. The Bertz CT molecular complexity index is 723. The Kier molecular flexibility index (Phi) is 4.32. The van der Waals surface area contributed by atoms with Crippen molar-refractivity contribution in [1.29, 1.82) is 5.41 Å². The maximum atomic E-state index is 12.2. The number of rotatable bonds is 3. The number of hydrogen-bond donors (Lipinski definition) is 2. The van der Waals surface area contributed by atoms with Crippen LogP contribution in [-0.2, 0) is 4.79 Å². The van der Waals surface area contributed by atoms with E-state index in [2.05, 4.69) is 0 Å². The number of nitrogens with two attached hydrogens (primary N) is 1. The highest BCUT2D eigenvalue weighted by Gasteiger charge is 2.21. The maximum absolute atomic E-state index is 12.2. The highest BCUT2D eigenvalue weighted by Crippen LogP contribution is 2.20. The van der Waals surface area contributed by atoms with E-state index in [0.29, 0.717) is 31.9 Å². The molecule has 2 aromatic carbocycles. The van der Waals surface area contributed by atoms with E-state index in [4.69, 9.17) is 15.9 Å². The number of nitrogens with zero attached hydrogens (tertiary/aromatic N) is 2. The first-order valence-corrected chi connectivity index (χ1v) is 7.62. The molecular formula is C17H20N4O2. The molecular weight excluding hydrogens is 292 g/mol. The molecule has 3 N–H and O–H groups in total.